The lowest BCUT2D eigenvalue weighted by Gasteiger charge is -2.11. The minimum atomic E-state index is -0.253. The molecule has 0 saturated carbocycles. The van der Waals surface area contributed by atoms with Crippen LogP contribution in [0.5, 0.6) is 5.75 Å². The van der Waals surface area contributed by atoms with Gasteiger partial charge in [0.05, 0.1) is 36.2 Å². The Morgan fingerprint density at radius 1 is 0.950 bits per heavy atom. The van der Waals surface area contributed by atoms with Gasteiger partial charge in [-0.1, -0.05) is 47.7 Å². The van der Waals surface area contributed by atoms with E-state index in [2.05, 4.69) is 25.8 Å². The van der Waals surface area contributed by atoms with Crippen LogP contribution in [0.1, 0.15) is 22.5 Å². The smallest absolute Gasteiger partial charge is 0.250 e. The Morgan fingerprint density at radius 3 is 2.38 bits per heavy atom. The summed E-state index contributed by atoms with van der Waals surface area (Å²) in [5.41, 5.74) is 9.16. The number of benzene rings is 3. The van der Waals surface area contributed by atoms with Gasteiger partial charge >= 0.3 is 0 Å². The first kappa shape index (κ1) is 26.9. The number of carbonyl (C=O) groups excluding carboxylic acids is 1. The molecule has 2 aromatic heterocycles. The van der Waals surface area contributed by atoms with Gasteiger partial charge in [-0.15, -0.1) is 10.2 Å². The van der Waals surface area contributed by atoms with E-state index in [1.807, 2.05) is 109 Å². The molecule has 10 heteroatoms. The molecule has 0 saturated heterocycles. The molecule has 5 aromatic rings. The fraction of sp³-hybridized carbons (Fsp3) is 0.167. The SMILES string of the molecule is COc1ccc(-c2nnc(SCC(=O)N/N=C/c3c(C)nn(-c4ccccc4)c3C)n2-c2ccc(C)cc2)cc1. The zero-order chi connectivity index (χ0) is 28.1. The van der Waals surface area contributed by atoms with Crippen LogP contribution in [-0.4, -0.2) is 49.5 Å². The third-order valence-corrected chi connectivity index (χ3v) is 7.27. The number of aromatic nitrogens is 5. The fourth-order valence-corrected chi connectivity index (χ4v) is 4.95. The summed E-state index contributed by atoms with van der Waals surface area (Å²) in [6.07, 6.45) is 1.64. The molecule has 0 bridgehead atoms. The lowest BCUT2D eigenvalue weighted by Crippen LogP contribution is -2.20. The van der Waals surface area contributed by atoms with Gasteiger partial charge < -0.3 is 4.74 Å². The second kappa shape index (κ2) is 12.0. The molecule has 0 atom stereocenters. The largest absolute Gasteiger partial charge is 0.497 e. The van der Waals surface area contributed by atoms with Gasteiger partial charge in [0.2, 0.25) is 0 Å². The van der Waals surface area contributed by atoms with Crippen LogP contribution in [0.3, 0.4) is 0 Å². The van der Waals surface area contributed by atoms with Gasteiger partial charge in [0.25, 0.3) is 5.91 Å². The van der Waals surface area contributed by atoms with Crippen molar-refractivity contribution in [3.8, 4) is 28.5 Å². The normalized spacial score (nSPS) is 11.2. The Labute approximate surface area is 236 Å². The minimum absolute atomic E-state index is 0.116. The number of methoxy groups -OCH3 is 1. The molecular formula is C30H29N7O2S. The predicted octanol–water partition coefficient (Wildman–Crippen LogP) is 5.30. The zero-order valence-electron chi connectivity index (χ0n) is 22.7. The summed E-state index contributed by atoms with van der Waals surface area (Å²) in [7, 11) is 1.63. The summed E-state index contributed by atoms with van der Waals surface area (Å²) in [4.78, 5) is 12.7. The van der Waals surface area contributed by atoms with E-state index >= 15 is 0 Å². The number of amides is 1. The highest BCUT2D eigenvalue weighted by Gasteiger charge is 2.18. The number of nitrogens with zero attached hydrogens (tertiary/aromatic N) is 6. The van der Waals surface area contributed by atoms with Gasteiger partial charge in [-0.05, 0) is 69.3 Å². The number of hydrogen-bond donors (Lipinski definition) is 1. The van der Waals surface area contributed by atoms with E-state index in [1.54, 1.807) is 13.3 Å². The lowest BCUT2D eigenvalue weighted by molar-refractivity contribution is -0.118. The number of hydrogen-bond acceptors (Lipinski definition) is 7. The summed E-state index contributed by atoms with van der Waals surface area (Å²) < 4.78 is 9.11. The number of ether oxygens (including phenoxy) is 1. The Hall–Kier alpha value is -4.70. The van der Waals surface area contributed by atoms with Gasteiger partial charge in [0.15, 0.2) is 11.0 Å². The van der Waals surface area contributed by atoms with E-state index in [4.69, 9.17) is 4.74 Å². The van der Waals surface area contributed by atoms with Gasteiger partial charge in [0.1, 0.15) is 5.75 Å². The average Bonchev–Trinajstić information content (AvgIpc) is 3.53. The fourth-order valence-electron chi connectivity index (χ4n) is 4.21. The van der Waals surface area contributed by atoms with Crippen molar-refractivity contribution in [1.29, 1.82) is 0 Å². The van der Waals surface area contributed by atoms with E-state index in [0.717, 1.165) is 45.2 Å². The van der Waals surface area contributed by atoms with E-state index in [-0.39, 0.29) is 11.7 Å². The Morgan fingerprint density at radius 2 is 1.68 bits per heavy atom. The van der Waals surface area contributed by atoms with Crippen LogP contribution in [-0.2, 0) is 4.79 Å². The number of rotatable bonds is 9. The first-order valence-corrected chi connectivity index (χ1v) is 13.7. The first-order chi connectivity index (χ1) is 19.4. The molecule has 0 radical (unpaired) electrons. The lowest BCUT2D eigenvalue weighted by atomic mass is 10.2. The number of hydrazone groups is 1. The van der Waals surface area contributed by atoms with Crippen molar-refractivity contribution >= 4 is 23.9 Å². The van der Waals surface area contributed by atoms with Crippen LogP contribution in [0.2, 0.25) is 0 Å². The van der Waals surface area contributed by atoms with Crippen molar-refractivity contribution < 1.29 is 9.53 Å². The topological polar surface area (TPSA) is 99.2 Å². The molecule has 3 aromatic carbocycles. The van der Waals surface area contributed by atoms with Crippen molar-refractivity contribution in [3.05, 3.63) is 101 Å². The van der Waals surface area contributed by atoms with Crippen LogP contribution in [0.15, 0.2) is 89.1 Å². The predicted molar refractivity (Wildman–Crippen MR) is 158 cm³/mol. The molecule has 0 aliphatic carbocycles. The molecule has 5 rings (SSSR count). The van der Waals surface area contributed by atoms with Crippen LogP contribution < -0.4 is 10.2 Å². The van der Waals surface area contributed by atoms with Crippen molar-refractivity contribution in [1.82, 2.24) is 30.0 Å². The van der Waals surface area contributed by atoms with Crippen molar-refractivity contribution in [2.75, 3.05) is 12.9 Å². The molecule has 202 valence electrons. The van der Waals surface area contributed by atoms with E-state index in [0.29, 0.717) is 11.0 Å². The second-order valence-electron chi connectivity index (χ2n) is 9.12. The summed E-state index contributed by atoms with van der Waals surface area (Å²) in [5, 5.41) is 18.3. The Balaban J connectivity index is 1.31. The van der Waals surface area contributed by atoms with Gasteiger partial charge in [-0.25, -0.2) is 10.1 Å². The van der Waals surface area contributed by atoms with Crippen molar-refractivity contribution in [2.45, 2.75) is 25.9 Å². The van der Waals surface area contributed by atoms with Gasteiger partial charge in [0, 0.05) is 16.8 Å². The number of thioether (sulfide) groups is 1. The van der Waals surface area contributed by atoms with Crippen LogP contribution >= 0.6 is 11.8 Å². The van der Waals surface area contributed by atoms with Crippen molar-refractivity contribution in [2.24, 2.45) is 5.10 Å². The molecule has 1 N–H and O–H groups in total. The van der Waals surface area contributed by atoms with Gasteiger partial charge in [-0.3, -0.25) is 9.36 Å². The monoisotopic (exact) mass is 551 g/mol. The average molecular weight is 552 g/mol. The molecule has 0 spiro atoms. The van der Waals surface area contributed by atoms with Crippen molar-refractivity contribution in [3.63, 3.8) is 0 Å². The Bertz CT molecular complexity index is 1640. The third kappa shape index (κ3) is 5.81. The summed E-state index contributed by atoms with van der Waals surface area (Å²) in [5.74, 6) is 1.30. The first-order valence-electron chi connectivity index (χ1n) is 12.7. The summed E-state index contributed by atoms with van der Waals surface area (Å²) in [6, 6.07) is 25.6. The highest BCUT2D eigenvalue weighted by atomic mass is 32.2. The van der Waals surface area contributed by atoms with Gasteiger partial charge in [-0.2, -0.15) is 10.2 Å². The summed E-state index contributed by atoms with van der Waals surface area (Å²) in [6.45, 7) is 5.94. The minimum Gasteiger partial charge on any atom is -0.497 e. The Kier molecular flexibility index (Phi) is 8.07. The summed E-state index contributed by atoms with van der Waals surface area (Å²) >= 11 is 1.29. The number of aryl methyl sites for hydroxylation is 2. The maximum atomic E-state index is 12.7. The molecule has 0 unspecified atom stereocenters. The standard InChI is InChI=1S/C30H29N7O2S/c1-20-10-14-24(15-11-20)36-29(23-12-16-26(39-4)17-13-23)33-34-30(36)40-19-28(38)32-31-18-27-21(2)35-37(22(27)3)25-8-6-5-7-9-25/h5-18H,19H2,1-4H3,(H,32,38)/b31-18+. The van der Waals surface area contributed by atoms with Crippen LogP contribution in [0.25, 0.3) is 22.8 Å². The second-order valence-corrected chi connectivity index (χ2v) is 10.1. The van der Waals surface area contributed by atoms with E-state index in [1.165, 1.54) is 11.8 Å². The maximum absolute atomic E-state index is 12.7. The third-order valence-electron chi connectivity index (χ3n) is 6.34. The van der Waals surface area contributed by atoms with E-state index in [9.17, 15) is 4.79 Å². The molecule has 0 aliphatic rings. The maximum Gasteiger partial charge on any atom is 0.250 e. The number of para-hydroxylation sites is 1. The molecule has 40 heavy (non-hydrogen) atoms. The highest BCUT2D eigenvalue weighted by molar-refractivity contribution is 7.99. The quantitative estimate of drug-likeness (QED) is 0.152. The highest BCUT2D eigenvalue weighted by Crippen LogP contribution is 2.29. The number of nitrogens with one attached hydrogen (secondary N) is 1. The van der Waals surface area contributed by atoms with E-state index < -0.39 is 0 Å². The number of carbonyl (C=O) groups is 1. The molecular weight excluding hydrogens is 522 g/mol. The van der Waals surface area contributed by atoms with Crippen LogP contribution in [0.4, 0.5) is 0 Å². The molecule has 1 amide bonds. The zero-order valence-corrected chi connectivity index (χ0v) is 23.5. The molecule has 0 fully saturated rings. The van der Waals surface area contributed by atoms with Crippen LogP contribution in [0, 0.1) is 20.8 Å². The molecule has 0 aliphatic heterocycles. The molecule has 9 nitrogen and oxygen atoms in total. The molecule has 2 heterocycles.